The Morgan fingerprint density at radius 2 is 1.91 bits per heavy atom. The Morgan fingerprint density at radius 3 is 2.52 bits per heavy atom. The van der Waals surface area contributed by atoms with Crippen molar-refractivity contribution in [1.82, 2.24) is 9.55 Å². The van der Waals surface area contributed by atoms with E-state index in [4.69, 9.17) is 0 Å². The minimum Gasteiger partial charge on any atom is -0.382 e. The van der Waals surface area contributed by atoms with Gasteiger partial charge >= 0.3 is 0 Å². The Kier molecular flexibility index (Phi) is 3.96. The predicted octanol–water partition coefficient (Wildman–Crippen LogP) is 3.35. The lowest BCUT2D eigenvalue weighted by Gasteiger charge is -2.14. The molecule has 23 heavy (non-hydrogen) atoms. The molecule has 1 heterocycles. The SMILES string of the molecule is Cc1ccc(-c2cc(C(O)c3cncn3C)ccc2C#N)cc1. The van der Waals surface area contributed by atoms with Crippen LogP contribution in [0.25, 0.3) is 11.1 Å². The van der Waals surface area contributed by atoms with Gasteiger partial charge in [0, 0.05) is 7.05 Å². The summed E-state index contributed by atoms with van der Waals surface area (Å²) < 4.78 is 1.79. The van der Waals surface area contributed by atoms with Gasteiger partial charge < -0.3 is 9.67 Å². The molecule has 1 atom stereocenters. The molecule has 1 aromatic heterocycles. The predicted molar refractivity (Wildman–Crippen MR) is 88.6 cm³/mol. The second-order valence-corrected chi connectivity index (χ2v) is 5.61. The van der Waals surface area contributed by atoms with E-state index in [1.54, 1.807) is 29.2 Å². The van der Waals surface area contributed by atoms with Gasteiger partial charge in [-0.15, -0.1) is 0 Å². The van der Waals surface area contributed by atoms with Gasteiger partial charge in [-0.1, -0.05) is 35.9 Å². The quantitative estimate of drug-likeness (QED) is 0.807. The molecule has 0 saturated heterocycles. The molecule has 3 rings (SSSR count). The van der Waals surface area contributed by atoms with E-state index in [1.165, 1.54) is 5.56 Å². The minimum absolute atomic E-state index is 0.592. The van der Waals surface area contributed by atoms with Crippen LogP contribution in [0, 0.1) is 18.3 Å². The molecule has 0 aliphatic rings. The molecule has 1 N–H and O–H groups in total. The molecule has 2 aromatic carbocycles. The first kappa shape index (κ1) is 15.0. The molecule has 1 unspecified atom stereocenters. The molecule has 4 heteroatoms. The van der Waals surface area contributed by atoms with Crippen LogP contribution in [0.3, 0.4) is 0 Å². The van der Waals surface area contributed by atoms with E-state index in [0.717, 1.165) is 16.7 Å². The third-order valence-electron chi connectivity index (χ3n) is 3.98. The summed E-state index contributed by atoms with van der Waals surface area (Å²) in [6.07, 6.45) is 2.52. The number of benzene rings is 2. The minimum atomic E-state index is -0.778. The van der Waals surface area contributed by atoms with Crippen LogP contribution in [0.1, 0.15) is 28.5 Å². The summed E-state index contributed by atoms with van der Waals surface area (Å²) in [6.45, 7) is 2.03. The number of nitrogens with zero attached hydrogens (tertiary/aromatic N) is 3. The zero-order valence-electron chi connectivity index (χ0n) is 13.1. The van der Waals surface area contributed by atoms with E-state index in [1.807, 2.05) is 44.3 Å². The molecular formula is C19H17N3O. The number of aryl methyl sites for hydroxylation is 2. The van der Waals surface area contributed by atoms with Crippen LogP contribution < -0.4 is 0 Å². The van der Waals surface area contributed by atoms with Gasteiger partial charge in [-0.05, 0) is 35.7 Å². The van der Waals surface area contributed by atoms with Gasteiger partial charge in [0.05, 0.1) is 29.9 Å². The number of aromatic nitrogens is 2. The molecule has 114 valence electrons. The van der Waals surface area contributed by atoms with Crippen LogP contribution in [0.5, 0.6) is 0 Å². The summed E-state index contributed by atoms with van der Waals surface area (Å²) in [5.74, 6) is 0. The molecule has 4 nitrogen and oxygen atoms in total. The van der Waals surface area contributed by atoms with Gasteiger partial charge in [-0.25, -0.2) is 4.98 Å². The van der Waals surface area contributed by atoms with Gasteiger partial charge in [0.25, 0.3) is 0 Å². The van der Waals surface area contributed by atoms with Crippen molar-refractivity contribution in [1.29, 1.82) is 5.26 Å². The van der Waals surface area contributed by atoms with E-state index in [-0.39, 0.29) is 0 Å². The first-order valence-corrected chi connectivity index (χ1v) is 7.35. The summed E-state index contributed by atoms with van der Waals surface area (Å²) in [4.78, 5) is 4.04. The second-order valence-electron chi connectivity index (χ2n) is 5.61. The molecule has 0 saturated carbocycles. The standard InChI is InChI=1S/C19H17N3O/c1-13-3-5-14(6-4-13)17-9-15(7-8-16(17)10-20)19(23)18-11-21-12-22(18)2/h3-9,11-12,19,23H,1-2H3. The van der Waals surface area contributed by atoms with Crippen molar-refractivity contribution in [3.63, 3.8) is 0 Å². The topological polar surface area (TPSA) is 61.8 Å². The average Bonchev–Trinajstić information content (AvgIpc) is 3.00. The van der Waals surface area contributed by atoms with Gasteiger partial charge in [0.15, 0.2) is 0 Å². The van der Waals surface area contributed by atoms with Crippen LogP contribution >= 0.6 is 0 Å². The summed E-state index contributed by atoms with van der Waals surface area (Å²) in [5.41, 5.74) is 5.00. The van der Waals surface area contributed by atoms with Gasteiger partial charge in [-0.3, -0.25) is 0 Å². The summed E-state index contributed by atoms with van der Waals surface area (Å²) >= 11 is 0. The van der Waals surface area contributed by atoms with Crippen molar-refractivity contribution in [2.75, 3.05) is 0 Å². The molecular weight excluding hydrogens is 286 g/mol. The highest BCUT2D eigenvalue weighted by Crippen LogP contribution is 2.29. The maximum Gasteiger partial charge on any atom is 0.121 e. The number of aliphatic hydroxyl groups excluding tert-OH is 1. The summed E-state index contributed by atoms with van der Waals surface area (Å²) in [5, 5.41) is 20.0. The highest BCUT2D eigenvalue weighted by molar-refractivity contribution is 5.71. The maximum absolute atomic E-state index is 10.6. The van der Waals surface area contributed by atoms with Crippen molar-refractivity contribution in [2.24, 2.45) is 7.05 Å². The molecule has 0 fully saturated rings. The molecule has 0 bridgehead atoms. The van der Waals surface area contributed by atoms with E-state index >= 15 is 0 Å². The zero-order chi connectivity index (χ0) is 16.4. The van der Waals surface area contributed by atoms with Crippen molar-refractivity contribution >= 4 is 0 Å². The molecule has 0 aliphatic carbocycles. The summed E-state index contributed by atoms with van der Waals surface area (Å²) in [6, 6.07) is 15.7. The fraction of sp³-hybridized carbons (Fsp3) is 0.158. The summed E-state index contributed by atoms with van der Waals surface area (Å²) in [7, 11) is 1.84. The smallest absolute Gasteiger partial charge is 0.121 e. The van der Waals surface area contributed by atoms with Crippen molar-refractivity contribution in [2.45, 2.75) is 13.0 Å². The van der Waals surface area contributed by atoms with E-state index in [0.29, 0.717) is 11.3 Å². The second kappa shape index (κ2) is 6.07. The van der Waals surface area contributed by atoms with E-state index in [2.05, 4.69) is 11.1 Å². The number of rotatable bonds is 3. The molecule has 0 spiro atoms. The Hall–Kier alpha value is -2.90. The first-order chi connectivity index (χ1) is 11.1. The number of imidazole rings is 1. The lowest BCUT2D eigenvalue weighted by atomic mass is 9.95. The van der Waals surface area contributed by atoms with Crippen molar-refractivity contribution < 1.29 is 5.11 Å². The lowest BCUT2D eigenvalue weighted by Crippen LogP contribution is -2.05. The fourth-order valence-corrected chi connectivity index (χ4v) is 2.60. The van der Waals surface area contributed by atoms with Crippen LogP contribution in [-0.4, -0.2) is 14.7 Å². The Morgan fingerprint density at radius 1 is 1.17 bits per heavy atom. The highest BCUT2D eigenvalue weighted by Gasteiger charge is 2.16. The Labute approximate surface area is 135 Å². The van der Waals surface area contributed by atoms with Crippen molar-refractivity contribution in [3.05, 3.63) is 77.4 Å². The monoisotopic (exact) mass is 303 g/mol. The number of aliphatic hydroxyl groups is 1. The zero-order valence-corrected chi connectivity index (χ0v) is 13.1. The van der Waals surface area contributed by atoms with Crippen LogP contribution in [0.4, 0.5) is 0 Å². The number of hydrogen-bond acceptors (Lipinski definition) is 3. The van der Waals surface area contributed by atoms with E-state index < -0.39 is 6.10 Å². The van der Waals surface area contributed by atoms with Crippen molar-refractivity contribution in [3.8, 4) is 17.2 Å². The lowest BCUT2D eigenvalue weighted by molar-refractivity contribution is 0.211. The van der Waals surface area contributed by atoms with Crippen LogP contribution in [0.15, 0.2) is 55.0 Å². The number of hydrogen-bond donors (Lipinski definition) is 1. The molecule has 0 amide bonds. The van der Waals surface area contributed by atoms with E-state index in [9.17, 15) is 10.4 Å². The Bertz CT molecular complexity index is 872. The van der Waals surface area contributed by atoms with Gasteiger partial charge in [0.2, 0.25) is 0 Å². The van der Waals surface area contributed by atoms with Crippen LogP contribution in [-0.2, 0) is 7.05 Å². The third-order valence-corrected chi connectivity index (χ3v) is 3.98. The number of nitriles is 1. The fourth-order valence-electron chi connectivity index (χ4n) is 2.60. The van der Waals surface area contributed by atoms with Gasteiger partial charge in [0.1, 0.15) is 6.10 Å². The third kappa shape index (κ3) is 2.87. The highest BCUT2D eigenvalue weighted by atomic mass is 16.3. The van der Waals surface area contributed by atoms with Crippen LogP contribution in [0.2, 0.25) is 0 Å². The molecule has 0 aliphatic heterocycles. The average molecular weight is 303 g/mol. The normalized spacial score (nSPS) is 11.9. The Balaban J connectivity index is 2.08. The van der Waals surface area contributed by atoms with Gasteiger partial charge in [-0.2, -0.15) is 5.26 Å². The first-order valence-electron chi connectivity index (χ1n) is 7.35. The molecule has 3 aromatic rings. The molecule has 0 radical (unpaired) electrons. The maximum atomic E-state index is 10.6. The largest absolute Gasteiger partial charge is 0.382 e.